The van der Waals surface area contributed by atoms with Crippen molar-refractivity contribution in [2.75, 3.05) is 6.61 Å². The van der Waals surface area contributed by atoms with E-state index >= 15 is 0 Å². The SMILES string of the molecule is CC(=O)OCC=S(=O)=O. The first kappa shape index (κ1) is 8.16. The largest absolute Gasteiger partial charge is 0.461 e. The van der Waals surface area contributed by atoms with Gasteiger partial charge in [-0.1, -0.05) is 0 Å². The smallest absolute Gasteiger partial charge is 0.302 e. The van der Waals surface area contributed by atoms with Gasteiger partial charge >= 0.3 is 5.97 Å². The fourth-order valence-electron chi connectivity index (χ4n) is 0.207. The van der Waals surface area contributed by atoms with Crippen LogP contribution in [0.3, 0.4) is 0 Å². The van der Waals surface area contributed by atoms with Crippen molar-refractivity contribution in [3.63, 3.8) is 0 Å². The summed E-state index contributed by atoms with van der Waals surface area (Å²) in [5, 5.41) is 0.862. The molecule has 0 bridgehead atoms. The minimum absolute atomic E-state index is 0.175. The molecule has 0 heterocycles. The van der Waals surface area contributed by atoms with E-state index in [9.17, 15) is 13.2 Å². The molecule has 0 aliphatic heterocycles. The number of esters is 1. The van der Waals surface area contributed by atoms with Gasteiger partial charge in [0.05, 0.1) is 5.37 Å². The van der Waals surface area contributed by atoms with Crippen LogP contribution in [-0.4, -0.2) is 26.4 Å². The molecule has 0 amide bonds. The lowest BCUT2D eigenvalue weighted by Crippen LogP contribution is -2.01. The van der Waals surface area contributed by atoms with Crippen LogP contribution < -0.4 is 0 Å². The first-order valence-electron chi connectivity index (χ1n) is 2.17. The van der Waals surface area contributed by atoms with E-state index in [1.165, 1.54) is 6.92 Å². The van der Waals surface area contributed by atoms with Gasteiger partial charge < -0.3 is 4.74 Å². The molecule has 0 fully saturated rings. The standard InChI is InChI=1S/C4H6O4S/c1-4(5)8-2-3-9(6)7/h3H,2H2,1H3. The molecule has 0 unspecified atom stereocenters. The fourth-order valence-corrected chi connectivity index (χ4v) is 0.386. The average molecular weight is 150 g/mol. The molecule has 0 N–H and O–H groups in total. The lowest BCUT2D eigenvalue weighted by molar-refractivity contribution is -0.139. The van der Waals surface area contributed by atoms with Gasteiger partial charge in [0.1, 0.15) is 6.61 Å². The predicted molar refractivity (Wildman–Crippen MR) is 31.6 cm³/mol. The van der Waals surface area contributed by atoms with Crippen molar-refractivity contribution in [3.05, 3.63) is 0 Å². The van der Waals surface area contributed by atoms with E-state index in [1.807, 2.05) is 0 Å². The maximum atomic E-state index is 9.98. The van der Waals surface area contributed by atoms with Crippen molar-refractivity contribution in [3.8, 4) is 0 Å². The summed E-state index contributed by atoms with van der Waals surface area (Å²) in [6.07, 6.45) is 0. The van der Waals surface area contributed by atoms with Crippen molar-refractivity contribution in [1.29, 1.82) is 0 Å². The molecule has 0 atom stereocenters. The summed E-state index contributed by atoms with van der Waals surface area (Å²) in [7, 11) is -2.23. The quantitative estimate of drug-likeness (QED) is 0.383. The summed E-state index contributed by atoms with van der Waals surface area (Å²) in [4.78, 5) is 9.98. The summed E-state index contributed by atoms with van der Waals surface area (Å²) < 4.78 is 23.7. The molecule has 0 saturated heterocycles. The molecule has 52 valence electrons. The highest BCUT2D eigenvalue weighted by Crippen LogP contribution is 1.69. The first-order valence-corrected chi connectivity index (χ1v) is 3.31. The molecule has 0 saturated carbocycles. The highest BCUT2D eigenvalue weighted by molar-refractivity contribution is 7.71. The third-order valence-corrected chi connectivity index (χ3v) is 0.899. The summed E-state index contributed by atoms with van der Waals surface area (Å²) in [5.41, 5.74) is 0. The normalized spacial score (nSPS) is 8.11. The van der Waals surface area contributed by atoms with Crippen LogP contribution >= 0.6 is 0 Å². The second-order valence-corrected chi connectivity index (χ2v) is 2.08. The van der Waals surface area contributed by atoms with Gasteiger partial charge in [0, 0.05) is 6.92 Å². The minimum atomic E-state index is -2.23. The van der Waals surface area contributed by atoms with Crippen molar-refractivity contribution in [2.45, 2.75) is 6.92 Å². The van der Waals surface area contributed by atoms with Gasteiger partial charge in [-0.05, 0) is 0 Å². The number of carbonyl (C=O) groups is 1. The van der Waals surface area contributed by atoms with E-state index in [2.05, 4.69) is 4.74 Å². The Bertz CT molecular complexity index is 205. The van der Waals surface area contributed by atoms with Crippen molar-refractivity contribution in [2.24, 2.45) is 0 Å². The van der Waals surface area contributed by atoms with Gasteiger partial charge in [-0.3, -0.25) is 4.79 Å². The third-order valence-electron chi connectivity index (χ3n) is 0.491. The molecule has 0 aliphatic rings. The lowest BCUT2D eigenvalue weighted by atomic mass is 10.8. The number of hydrogen-bond acceptors (Lipinski definition) is 4. The summed E-state index contributed by atoms with van der Waals surface area (Å²) in [6.45, 7) is 1.03. The van der Waals surface area contributed by atoms with Crippen LogP contribution in [0.4, 0.5) is 0 Å². The Labute approximate surface area is 54.0 Å². The average Bonchev–Trinajstić information content (AvgIpc) is 1.63. The molecule has 4 nitrogen and oxygen atoms in total. The Morgan fingerprint density at radius 1 is 1.67 bits per heavy atom. The van der Waals surface area contributed by atoms with Crippen LogP contribution in [0.15, 0.2) is 0 Å². The zero-order valence-electron chi connectivity index (χ0n) is 4.83. The Hall–Kier alpha value is -0.840. The molecule has 0 aromatic rings. The highest BCUT2D eigenvalue weighted by Gasteiger charge is 1.86. The second-order valence-electron chi connectivity index (χ2n) is 1.23. The van der Waals surface area contributed by atoms with Gasteiger partial charge in [0.2, 0.25) is 10.3 Å². The number of rotatable bonds is 2. The maximum absolute atomic E-state index is 9.98. The highest BCUT2D eigenvalue weighted by atomic mass is 32.2. The molecule has 5 heteroatoms. The Kier molecular flexibility index (Phi) is 3.70. The molecular weight excluding hydrogens is 144 g/mol. The second kappa shape index (κ2) is 4.08. The number of carbonyl (C=O) groups excluding carboxylic acids is 1. The molecule has 0 radical (unpaired) electrons. The zero-order chi connectivity index (χ0) is 7.28. The van der Waals surface area contributed by atoms with Crippen molar-refractivity contribution >= 4 is 21.6 Å². The molecule has 9 heavy (non-hydrogen) atoms. The van der Waals surface area contributed by atoms with E-state index in [1.54, 1.807) is 0 Å². The van der Waals surface area contributed by atoms with Crippen molar-refractivity contribution < 1.29 is 17.9 Å². The number of hydrogen-bond donors (Lipinski definition) is 0. The van der Waals surface area contributed by atoms with Crippen LogP contribution in [0.1, 0.15) is 6.92 Å². The summed E-state index contributed by atoms with van der Waals surface area (Å²) >= 11 is 0. The van der Waals surface area contributed by atoms with E-state index < -0.39 is 16.3 Å². The van der Waals surface area contributed by atoms with Crippen LogP contribution in [0.5, 0.6) is 0 Å². The van der Waals surface area contributed by atoms with E-state index in [0.29, 0.717) is 0 Å². The predicted octanol–water partition coefficient (Wildman–Crippen LogP) is -0.769. The van der Waals surface area contributed by atoms with Crippen LogP contribution in [-0.2, 0) is 19.8 Å². The molecule has 0 aromatic carbocycles. The minimum Gasteiger partial charge on any atom is -0.461 e. The topological polar surface area (TPSA) is 60.4 Å². The summed E-state index contributed by atoms with van der Waals surface area (Å²) in [5.74, 6) is -0.489. The van der Waals surface area contributed by atoms with E-state index in [0.717, 1.165) is 5.37 Å². The Morgan fingerprint density at radius 2 is 2.22 bits per heavy atom. The monoisotopic (exact) mass is 150 g/mol. The molecule has 0 spiro atoms. The van der Waals surface area contributed by atoms with E-state index in [4.69, 9.17) is 0 Å². The first-order chi connectivity index (χ1) is 4.13. The molecule has 0 aromatic heterocycles. The molecule has 0 aliphatic carbocycles. The van der Waals surface area contributed by atoms with Crippen molar-refractivity contribution in [1.82, 2.24) is 0 Å². The van der Waals surface area contributed by atoms with Crippen LogP contribution in [0, 0.1) is 0 Å². The zero-order valence-corrected chi connectivity index (χ0v) is 5.64. The fraction of sp³-hybridized carbons (Fsp3) is 0.500. The Morgan fingerprint density at radius 3 is 2.56 bits per heavy atom. The van der Waals surface area contributed by atoms with Gasteiger partial charge in [-0.25, -0.2) is 0 Å². The van der Waals surface area contributed by atoms with Gasteiger partial charge in [0.15, 0.2) is 0 Å². The maximum Gasteiger partial charge on any atom is 0.302 e. The van der Waals surface area contributed by atoms with Crippen LogP contribution in [0.25, 0.3) is 0 Å². The molecular formula is C4H6O4S. The van der Waals surface area contributed by atoms with E-state index in [-0.39, 0.29) is 6.61 Å². The number of ether oxygens (including phenoxy) is 1. The van der Waals surface area contributed by atoms with Gasteiger partial charge in [0.25, 0.3) is 0 Å². The Balaban J connectivity index is 3.55. The van der Waals surface area contributed by atoms with Gasteiger partial charge in [-0.2, -0.15) is 8.42 Å². The van der Waals surface area contributed by atoms with Gasteiger partial charge in [-0.15, -0.1) is 0 Å². The summed E-state index contributed by atoms with van der Waals surface area (Å²) in [6, 6.07) is 0. The lowest BCUT2D eigenvalue weighted by Gasteiger charge is -1.89. The third kappa shape index (κ3) is 7.16. The molecule has 0 rings (SSSR count). The van der Waals surface area contributed by atoms with Crippen LogP contribution in [0.2, 0.25) is 0 Å².